The van der Waals surface area contributed by atoms with Gasteiger partial charge in [0.05, 0.1) is 17.7 Å². The molecule has 166 valence electrons. The number of aromatic nitrogens is 1. The summed E-state index contributed by atoms with van der Waals surface area (Å²) in [7, 11) is 1.39. The van der Waals surface area contributed by atoms with Crippen LogP contribution in [0.3, 0.4) is 0 Å². The minimum absolute atomic E-state index is 0.0361. The molecule has 2 amide bonds. The predicted molar refractivity (Wildman–Crippen MR) is 119 cm³/mol. The first-order valence-electron chi connectivity index (χ1n) is 9.45. The first-order chi connectivity index (χ1) is 15.9. The molecule has 3 aromatic rings. The Balaban J connectivity index is 1.73. The van der Waals surface area contributed by atoms with E-state index in [0.29, 0.717) is 5.69 Å². The monoisotopic (exact) mass is 466 g/mol. The highest BCUT2D eigenvalue weighted by molar-refractivity contribution is 6.32. The third kappa shape index (κ3) is 4.46. The van der Waals surface area contributed by atoms with E-state index in [0.717, 1.165) is 11.2 Å². The highest BCUT2D eigenvalue weighted by Gasteiger charge is 2.34. The molecule has 0 bridgehead atoms. The molecule has 10 nitrogen and oxygen atoms in total. The Kier molecular flexibility index (Phi) is 5.92. The van der Waals surface area contributed by atoms with Crippen LogP contribution in [0.4, 0.5) is 11.4 Å². The number of pyridine rings is 1. The van der Waals surface area contributed by atoms with E-state index in [1.54, 1.807) is 30.3 Å². The van der Waals surface area contributed by atoms with Gasteiger partial charge in [-0.15, -0.1) is 0 Å². The molecule has 0 spiro atoms. The number of nitro groups is 1. The molecule has 1 aliphatic heterocycles. The Hall–Kier alpha value is -4.44. The normalized spacial score (nSPS) is 14.4. The summed E-state index contributed by atoms with van der Waals surface area (Å²) in [5, 5.41) is 12.3. The van der Waals surface area contributed by atoms with Gasteiger partial charge in [-0.05, 0) is 24.3 Å². The number of benzene rings is 2. The molecule has 33 heavy (non-hydrogen) atoms. The Bertz CT molecular complexity index is 1280. The maximum atomic E-state index is 12.9. The molecule has 1 aliphatic rings. The van der Waals surface area contributed by atoms with Crippen LogP contribution in [0.1, 0.15) is 5.56 Å². The second-order valence-corrected chi connectivity index (χ2v) is 7.15. The number of carbonyl (C=O) groups is 2. The lowest BCUT2D eigenvalue weighted by molar-refractivity contribution is -0.385. The SMILES string of the molecule is COc1cc(Cl)cc(/C=C2\C(=O)NN(c3ccccc3)C2=O)c1Oc1ccc([N+](=O)[O-])cn1. The topological polar surface area (TPSA) is 124 Å². The van der Waals surface area contributed by atoms with Crippen LogP contribution in [0.5, 0.6) is 17.4 Å². The van der Waals surface area contributed by atoms with Crippen molar-refractivity contribution in [1.82, 2.24) is 10.4 Å². The molecule has 1 N–H and O–H groups in total. The Morgan fingerprint density at radius 3 is 2.55 bits per heavy atom. The number of hydrogen-bond donors (Lipinski definition) is 1. The number of hydrazine groups is 1. The van der Waals surface area contributed by atoms with Crippen molar-refractivity contribution in [3.05, 3.63) is 87.1 Å². The van der Waals surface area contributed by atoms with Crippen molar-refractivity contribution in [3.63, 3.8) is 0 Å². The molecule has 0 saturated carbocycles. The molecule has 11 heteroatoms. The van der Waals surface area contributed by atoms with Crippen LogP contribution in [0.2, 0.25) is 5.02 Å². The second-order valence-electron chi connectivity index (χ2n) is 6.72. The van der Waals surface area contributed by atoms with E-state index in [4.69, 9.17) is 21.1 Å². The summed E-state index contributed by atoms with van der Waals surface area (Å²) >= 11 is 6.19. The largest absolute Gasteiger partial charge is 0.493 e. The highest BCUT2D eigenvalue weighted by atomic mass is 35.5. The maximum Gasteiger partial charge on any atom is 0.287 e. The Morgan fingerprint density at radius 1 is 1.15 bits per heavy atom. The number of hydrogen-bond acceptors (Lipinski definition) is 7. The van der Waals surface area contributed by atoms with Crippen molar-refractivity contribution < 1.29 is 24.0 Å². The van der Waals surface area contributed by atoms with E-state index in [9.17, 15) is 19.7 Å². The summed E-state index contributed by atoms with van der Waals surface area (Å²) < 4.78 is 11.1. The maximum absolute atomic E-state index is 12.9. The van der Waals surface area contributed by atoms with Gasteiger partial charge in [0.1, 0.15) is 11.8 Å². The van der Waals surface area contributed by atoms with Gasteiger partial charge < -0.3 is 9.47 Å². The van der Waals surface area contributed by atoms with E-state index in [2.05, 4.69) is 10.4 Å². The predicted octanol–water partition coefficient (Wildman–Crippen LogP) is 3.91. The fraction of sp³-hybridized carbons (Fsp3) is 0.0455. The lowest BCUT2D eigenvalue weighted by Gasteiger charge is -2.14. The van der Waals surface area contributed by atoms with Gasteiger partial charge >= 0.3 is 0 Å². The number of para-hydroxylation sites is 1. The van der Waals surface area contributed by atoms with Gasteiger partial charge in [0, 0.05) is 28.8 Å². The number of halogens is 1. The number of methoxy groups -OCH3 is 1. The minimum Gasteiger partial charge on any atom is -0.493 e. The number of amides is 2. The van der Waals surface area contributed by atoms with E-state index >= 15 is 0 Å². The molecule has 2 heterocycles. The molecule has 1 fully saturated rings. The number of nitrogens with one attached hydrogen (secondary N) is 1. The van der Waals surface area contributed by atoms with Gasteiger partial charge in [-0.2, -0.15) is 0 Å². The third-order valence-electron chi connectivity index (χ3n) is 4.61. The first kappa shape index (κ1) is 21.8. The fourth-order valence-corrected chi connectivity index (χ4v) is 3.29. The van der Waals surface area contributed by atoms with Crippen molar-refractivity contribution in [1.29, 1.82) is 0 Å². The van der Waals surface area contributed by atoms with E-state index < -0.39 is 16.7 Å². The number of carbonyl (C=O) groups excluding carboxylic acids is 2. The van der Waals surface area contributed by atoms with Gasteiger partial charge in [0.2, 0.25) is 5.88 Å². The standard InChI is InChI=1S/C22H15ClN4O6/c1-32-18-11-14(23)9-13(20(18)33-19-8-7-16(12-24-19)27(30)31)10-17-21(28)25-26(22(17)29)15-5-3-2-4-6-15/h2-12H,1H3,(H,25,28)/b17-10+. The molecule has 0 unspecified atom stereocenters. The highest BCUT2D eigenvalue weighted by Crippen LogP contribution is 2.39. The third-order valence-corrected chi connectivity index (χ3v) is 4.83. The molecule has 1 aromatic heterocycles. The van der Waals surface area contributed by atoms with Crippen molar-refractivity contribution in [2.24, 2.45) is 0 Å². The lowest BCUT2D eigenvalue weighted by atomic mass is 10.1. The molecule has 0 atom stereocenters. The van der Waals surface area contributed by atoms with Gasteiger partial charge in [-0.25, -0.2) is 9.99 Å². The summed E-state index contributed by atoms with van der Waals surface area (Å²) in [4.78, 5) is 39.7. The van der Waals surface area contributed by atoms with Gasteiger partial charge in [0.25, 0.3) is 17.5 Å². The van der Waals surface area contributed by atoms with Crippen LogP contribution >= 0.6 is 11.6 Å². The summed E-state index contributed by atoms with van der Waals surface area (Å²) in [6.07, 6.45) is 2.37. The van der Waals surface area contributed by atoms with E-state index in [1.165, 1.54) is 37.5 Å². The van der Waals surface area contributed by atoms with Crippen LogP contribution in [-0.2, 0) is 9.59 Å². The van der Waals surface area contributed by atoms with Gasteiger partial charge in [-0.3, -0.25) is 25.1 Å². The molecule has 4 rings (SSSR count). The summed E-state index contributed by atoms with van der Waals surface area (Å²) in [5.41, 5.74) is 2.93. The molecular weight excluding hydrogens is 452 g/mol. The molecule has 1 saturated heterocycles. The van der Waals surface area contributed by atoms with Crippen LogP contribution in [0, 0.1) is 10.1 Å². The lowest BCUT2D eigenvalue weighted by Crippen LogP contribution is -2.35. The molecule has 2 aromatic carbocycles. The van der Waals surface area contributed by atoms with Gasteiger partial charge in [0.15, 0.2) is 11.5 Å². The average Bonchev–Trinajstić information content (AvgIpc) is 3.09. The number of rotatable bonds is 6. The Morgan fingerprint density at radius 2 is 1.91 bits per heavy atom. The van der Waals surface area contributed by atoms with Crippen molar-refractivity contribution in [2.75, 3.05) is 12.1 Å². The zero-order chi connectivity index (χ0) is 23.5. The summed E-state index contributed by atoms with van der Waals surface area (Å²) in [6.45, 7) is 0. The summed E-state index contributed by atoms with van der Waals surface area (Å²) in [5.74, 6) is -0.810. The molecule has 0 radical (unpaired) electrons. The molecule has 0 aliphatic carbocycles. The summed E-state index contributed by atoms with van der Waals surface area (Å²) in [6, 6.07) is 14.1. The number of nitrogens with zero attached hydrogens (tertiary/aromatic N) is 3. The Labute approximate surface area is 192 Å². The molecular formula is C22H15ClN4O6. The van der Waals surface area contributed by atoms with Crippen molar-refractivity contribution >= 4 is 40.9 Å². The quantitative estimate of drug-likeness (QED) is 0.253. The van der Waals surface area contributed by atoms with Crippen molar-refractivity contribution in [3.8, 4) is 17.4 Å². The number of ether oxygens (including phenoxy) is 2. The van der Waals surface area contributed by atoms with Crippen LogP contribution < -0.4 is 19.9 Å². The average molecular weight is 467 g/mol. The number of anilines is 1. The zero-order valence-corrected chi connectivity index (χ0v) is 17.8. The minimum atomic E-state index is -0.609. The first-order valence-corrected chi connectivity index (χ1v) is 9.83. The van der Waals surface area contributed by atoms with E-state index in [-0.39, 0.29) is 39.2 Å². The van der Waals surface area contributed by atoms with E-state index in [1.807, 2.05) is 0 Å². The zero-order valence-electron chi connectivity index (χ0n) is 17.0. The van der Waals surface area contributed by atoms with Crippen LogP contribution in [-0.4, -0.2) is 28.8 Å². The smallest absolute Gasteiger partial charge is 0.287 e. The van der Waals surface area contributed by atoms with Gasteiger partial charge in [-0.1, -0.05) is 29.8 Å². The van der Waals surface area contributed by atoms with Crippen LogP contribution in [0.25, 0.3) is 6.08 Å². The second kappa shape index (κ2) is 8.97. The van der Waals surface area contributed by atoms with Crippen molar-refractivity contribution in [2.45, 2.75) is 0 Å². The van der Waals surface area contributed by atoms with Crippen LogP contribution in [0.15, 0.2) is 66.4 Å². The fourth-order valence-electron chi connectivity index (χ4n) is 3.07.